The number of aliphatic hydroxyl groups excluding tert-OH is 2. The molecule has 32 heavy (non-hydrogen) atoms. The number of anilines is 2. The number of amides is 1. The van der Waals surface area contributed by atoms with Crippen molar-refractivity contribution in [2.75, 3.05) is 30.3 Å². The predicted molar refractivity (Wildman–Crippen MR) is 122 cm³/mol. The van der Waals surface area contributed by atoms with Crippen LogP contribution in [0.25, 0.3) is 0 Å². The maximum absolute atomic E-state index is 12.9. The number of aliphatic hydroxyl groups is 2. The molecule has 1 amide bonds. The lowest BCUT2D eigenvalue weighted by atomic mass is 9.99. The van der Waals surface area contributed by atoms with Crippen molar-refractivity contribution in [1.29, 1.82) is 0 Å². The van der Waals surface area contributed by atoms with Crippen molar-refractivity contribution in [3.8, 4) is 0 Å². The third-order valence-corrected chi connectivity index (χ3v) is 6.84. The Bertz CT molecular complexity index is 1040. The Morgan fingerprint density at radius 2 is 1.91 bits per heavy atom. The van der Waals surface area contributed by atoms with Gasteiger partial charge in [-0.3, -0.25) is 9.78 Å². The van der Waals surface area contributed by atoms with Crippen molar-refractivity contribution in [2.45, 2.75) is 58.3 Å². The van der Waals surface area contributed by atoms with Gasteiger partial charge in [-0.05, 0) is 37.0 Å². The number of halogens is 1. The van der Waals surface area contributed by atoms with Crippen LogP contribution in [0.3, 0.4) is 0 Å². The van der Waals surface area contributed by atoms with E-state index in [1.807, 2.05) is 6.20 Å². The Hall–Kier alpha value is -2.49. The third-order valence-electron chi connectivity index (χ3n) is 6.55. The van der Waals surface area contributed by atoms with Gasteiger partial charge in [0, 0.05) is 43.7 Å². The van der Waals surface area contributed by atoms with Gasteiger partial charge < -0.3 is 25.7 Å². The molecule has 2 aliphatic heterocycles. The summed E-state index contributed by atoms with van der Waals surface area (Å²) in [5, 5.41) is 19.8. The summed E-state index contributed by atoms with van der Waals surface area (Å²) < 4.78 is 0. The monoisotopic (exact) mass is 460 g/mol. The second kappa shape index (κ2) is 8.80. The third kappa shape index (κ3) is 4.12. The van der Waals surface area contributed by atoms with E-state index in [0.717, 1.165) is 17.7 Å². The number of nitrogens with two attached hydrogens (primary N) is 1. The van der Waals surface area contributed by atoms with Gasteiger partial charge in [0.25, 0.3) is 0 Å². The van der Waals surface area contributed by atoms with Gasteiger partial charge in [-0.2, -0.15) is 4.98 Å². The fraction of sp³-hybridized carbons (Fsp3) is 0.545. The zero-order valence-corrected chi connectivity index (χ0v) is 19.3. The van der Waals surface area contributed by atoms with Gasteiger partial charge in [-0.25, -0.2) is 4.98 Å². The molecule has 4 N–H and O–H groups in total. The van der Waals surface area contributed by atoms with E-state index in [9.17, 15) is 15.0 Å². The van der Waals surface area contributed by atoms with Gasteiger partial charge in [-0.1, -0.05) is 18.5 Å². The number of aryl methyl sites for hydroxylation is 1. The van der Waals surface area contributed by atoms with Crippen LogP contribution in [0, 0.1) is 13.8 Å². The molecule has 4 rings (SSSR count). The van der Waals surface area contributed by atoms with E-state index in [4.69, 9.17) is 17.3 Å². The lowest BCUT2D eigenvalue weighted by Gasteiger charge is -2.22. The van der Waals surface area contributed by atoms with Crippen LogP contribution in [0.1, 0.15) is 47.2 Å². The van der Waals surface area contributed by atoms with E-state index in [1.165, 1.54) is 16.0 Å². The van der Waals surface area contributed by atoms with E-state index in [2.05, 4.69) is 40.6 Å². The lowest BCUT2D eigenvalue weighted by molar-refractivity contribution is -0.131. The fourth-order valence-corrected chi connectivity index (χ4v) is 5.13. The number of nitrogens with zero attached hydrogens (tertiary/aromatic N) is 5. The molecule has 0 aromatic carbocycles. The molecular formula is C22H29ClN6O3. The zero-order valence-electron chi connectivity index (χ0n) is 18.5. The zero-order chi connectivity index (χ0) is 23.2. The molecular weight excluding hydrogens is 432 g/mol. The quantitative estimate of drug-likeness (QED) is 0.570. The second-order valence-corrected chi connectivity index (χ2v) is 9.03. The maximum atomic E-state index is 12.9. The number of carbonyl (C=O) groups is 1. The van der Waals surface area contributed by atoms with Crippen LogP contribution in [0.15, 0.2) is 6.20 Å². The van der Waals surface area contributed by atoms with Gasteiger partial charge >= 0.3 is 0 Å². The summed E-state index contributed by atoms with van der Waals surface area (Å²) in [5.74, 6) is 0.335. The molecule has 3 atom stereocenters. The van der Waals surface area contributed by atoms with Gasteiger partial charge in [0.05, 0.1) is 24.4 Å². The summed E-state index contributed by atoms with van der Waals surface area (Å²) in [4.78, 5) is 29.6. The molecule has 0 unspecified atom stereocenters. The SMILES string of the molecule is CCc1c(C)cnc(CN2C[C@H](CC(=O)N3C[C@H](O)[C@@H](O)C3)c3c(Cl)nc(N)nc32)c1C. The van der Waals surface area contributed by atoms with Crippen LogP contribution in [0.4, 0.5) is 11.8 Å². The fourth-order valence-electron chi connectivity index (χ4n) is 4.81. The molecule has 0 aliphatic carbocycles. The Labute approximate surface area is 192 Å². The molecule has 172 valence electrons. The maximum Gasteiger partial charge on any atom is 0.223 e. The molecule has 1 saturated heterocycles. The molecule has 0 spiro atoms. The lowest BCUT2D eigenvalue weighted by Crippen LogP contribution is -2.32. The first-order chi connectivity index (χ1) is 15.2. The summed E-state index contributed by atoms with van der Waals surface area (Å²) in [6, 6.07) is 0. The van der Waals surface area contributed by atoms with Crippen LogP contribution in [-0.2, 0) is 17.8 Å². The van der Waals surface area contributed by atoms with E-state index >= 15 is 0 Å². The van der Waals surface area contributed by atoms with Crippen molar-refractivity contribution in [3.05, 3.63) is 39.3 Å². The van der Waals surface area contributed by atoms with Gasteiger partial charge in [0.2, 0.25) is 11.9 Å². The summed E-state index contributed by atoms with van der Waals surface area (Å²) in [6.45, 7) is 7.57. The first kappa shape index (κ1) is 22.7. The molecule has 10 heteroatoms. The second-order valence-electron chi connectivity index (χ2n) is 8.67. The van der Waals surface area contributed by atoms with Gasteiger partial charge in [0.1, 0.15) is 11.0 Å². The number of nitrogen functional groups attached to an aromatic ring is 1. The van der Waals surface area contributed by atoms with Crippen LogP contribution in [-0.4, -0.2) is 67.8 Å². The van der Waals surface area contributed by atoms with Crippen LogP contribution in [0.5, 0.6) is 0 Å². The first-order valence-corrected chi connectivity index (χ1v) is 11.2. The minimum Gasteiger partial charge on any atom is -0.388 e. The Kier molecular flexibility index (Phi) is 6.24. The summed E-state index contributed by atoms with van der Waals surface area (Å²) in [5.41, 5.74) is 11.1. The number of aromatic nitrogens is 3. The molecule has 0 bridgehead atoms. The topological polar surface area (TPSA) is 129 Å². The van der Waals surface area contributed by atoms with E-state index in [-0.39, 0.29) is 42.4 Å². The van der Waals surface area contributed by atoms with Gasteiger partial charge in [0.15, 0.2) is 0 Å². The number of hydrogen-bond donors (Lipinski definition) is 3. The highest BCUT2D eigenvalue weighted by atomic mass is 35.5. The highest BCUT2D eigenvalue weighted by Crippen LogP contribution is 2.42. The van der Waals surface area contributed by atoms with Crippen LogP contribution in [0.2, 0.25) is 5.15 Å². The summed E-state index contributed by atoms with van der Waals surface area (Å²) in [6.07, 6.45) is 1.17. The average Bonchev–Trinajstić information content (AvgIpc) is 3.24. The highest BCUT2D eigenvalue weighted by molar-refractivity contribution is 6.30. The normalized spacial score (nSPS) is 22.5. The molecule has 2 aliphatic rings. The number of hydrogen-bond acceptors (Lipinski definition) is 8. The number of rotatable bonds is 5. The van der Waals surface area contributed by atoms with E-state index in [0.29, 0.717) is 24.5 Å². The largest absolute Gasteiger partial charge is 0.388 e. The van der Waals surface area contributed by atoms with Crippen LogP contribution >= 0.6 is 11.6 Å². The Morgan fingerprint density at radius 1 is 1.22 bits per heavy atom. The van der Waals surface area contributed by atoms with Crippen molar-refractivity contribution < 1.29 is 15.0 Å². The van der Waals surface area contributed by atoms with Gasteiger partial charge in [-0.15, -0.1) is 0 Å². The minimum atomic E-state index is -0.915. The first-order valence-electron chi connectivity index (χ1n) is 10.8. The molecule has 0 radical (unpaired) electrons. The molecule has 4 heterocycles. The van der Waals surface area contributed by atoms with Crippen molar-refractivity contribution in [1.82, 2.24) is 19.9 Å². The molecule has 2 aromatic heterocycles. The molecule has 2 aromatic rings. The Morgan fingerprint density at radius 3 is 2.56 bits per heavy atom. The smallest absolute Gasteiger partial charge is 0.223 e. The highest BCUT2D eigenvalue weighted by Gasteiger charge is 2.38. The summed E-state index contributed by atoms with van der Waals surface area (Å²) in [7, 11) is 0. The Balaban J connectivity index is 1.61. The molecule has 9 nitrogen and oxygen atoms in total. The van der Waals surface area contributed by atoms with Crippen molar-refractivity contribution in [3.63, 3.8) is 0 Å². The predicted octanol–water partition coefficient (Wildman–Crippen LogP) is 1.34. The van der Waals surface area contributed by atoms with Crippen molar-refractivity contribution >= 4 is 29.3 Å². The number of fused-ring (bicyclic) bond motifs is 1. The summed E-state index contributed by atoms with van der Waals surface area (Å²) >= 11 is 6.45. The number of pyridine rings is 1. The number of likely N-dealkylation sites (tertiary alicyclic amines) is 1. The van der Waals surface area contributed by atoms with Crippen molar-refractivity contribution in [2.24, 2.45) is 0 Å². The average molecular weight is 461 g/mol. The number of β-amino-alcohol motifs (C(OH)–C–C–N with tert-alkyl or cyclic N) is 2. The van der Waals surface area contributed by atoms with E-state index in [1.54, 1.807) is 0 Å². The minimum absolute atomic E-state index is 0.0827. The van der Waals surface area contributed by atoms with Crippen LogP contribution < -0.4 is 10.6 Å². The standard InChI is InChI=1S/C22H29ClN6O3/c1-4-14-11(2)6-25-15(12(14)3)8-29-7-13(19-20(23)26-22(24)27-21(19)29)5-18(32)28-9-16(30)17(31)10-28/h6,13,16-17,30-31H,4-5,7-10H2,1-3H3,(H2,24,26,27)/t13-,16-,17-/m0/s1. The molecule has 0 saturated carbocycles. The van der Waals surface area contributed by atoms with E-state index < -0.39 is 12.2 Å². The number of carbonyl (C=O) groups excluding carboxylic acids is 1. The molecule has 1 fully saturated rings.